The number of aliphatic carboxylic acids is 1. The van der Waals surface area contributed by atoms with Crippen LogP contribution in [0, 0.1) is 0 Å². The van der Waals surface area contributed by atoms with E-state index >= 15 is 0 Å². The highest BCUT2D eigenvalue weighted by molar-refractivity contribution is 5.99. The molecule has 35 heavy (non-hydrogen) atoms. The van der Waals surface area contributed by atoms with E-state index in [1.54, 1.807) is 30.3 Å². The fraction of sp³-hybridized carbons (Fsp3) is 0.138. The molecule has 0 atom stereocenters. The summed E-state index contributed by atoms with van der Waals surface area (Å²) in [6, 6.07) is 22.2. The maximum Gasteiger partial charge on any atom is 0.328 e. The molecule has 0 saturated carbocycles. The van der Waals surface area contributed by atoms with Crippen molar-refractivity contribution in [3.8, 4) is 11.5 Å². The molecule has 1 N–H and O–H groups in total. The minimum atomic E-state index is -1.00. The molecule has 178 valence electrons. The Morgan fingerprint density at radius 2 is 1.14 bits per heavy atom. The zero-order valence-electron chi connectivity index (χ0n) is 19.8. The van der Waals surface area contributed by atoms with E-state index in [2.05, 4.69) is 6.92 Å². The highest BCUT2D eigenvalue weighted by Gasteiger charge is 2.14. The van der Waals surface area contributed by atoms with Crippen LogP contribution in [0.4, 0.5) is 0 Å². The van der Waals surface area contributed by atoms with Gasteiger partial charge >= 0.3 is 17.9 Å². The van der Waals surface area contributed by atoms with Crippen molar-refractivity contribution >= 4 is 35.1 Å². The first-order valence-electron chi connectivity index (χ1n) is 11.1. The van der Waals surface area contributed by atoms with Crippen LogP contribution in [0.1, 0.15) is 49.4 Å². The van der Waals surface area contributed by atoms with E-state index in [0.29, 0.717) is 11.5 Å². The number of benzene rings is 3. The summed E-state index contributed by atoms with van der Waals surface area (Å²) < 4.78 is 10.4. The summed E-state index contributed by atoms with van der Waals surface area (Å²) in [4.78, 5) is 33.4. The highest BCUT2D eigenvalue weighted by atomic mass is 16.5. The average Bonchev–Trinajstić information content (AvgIpc) is 2.82. The van der Waals surface area contributed by atoms with E-state index in [1.807, 2.05) is 48.5 Å². The largest absolute Gasteiger partial charge is 0.478 e. The number of carbonyl (C=O) groups excluding carboxylic acids is 2. The Kier molecular flexibility index (Phi) is 8.35. The van der Waals surface area contributed by atoms with Gasteiger partial charge in [-0.1, -0.05) is 55.5 Å². The van der Waals surface area contributed by atoms with E-state index < -0.39 is 5.97 Å². The molecule has 0 radical (unpaired) electrons. The summed E-state index contributed by atoms with van der Waals surface area (Å²) in [5.41, 5.74) is 5.66. The predicted octanol–water partition coefficient (Wildman–Crippen LogP) is 6.00. The molecular weight excluding hydrogens is 444 g/mol. The van der Waals surface area contributed by atoms with Gasteiger partial charge in [0.15, 0.2) is 0 Å². The van der Waals surface area contributed by atoms with Gasteiger partial charge < -0.3 is 14.6 Å². The lowest BCUT2D eigenvalue weighted by molar-refractivity contribution is -0.132. The van der Waals surface area contributed by atoms with Gasteiger partial charge in [-0.15, -0.1) is 0 Å². The second-order valence-electron chi connectivity index (χ2n) is 7.74. The van der Waals surface area contributed by atoms with Crippen LogP contribution in [-0.4, -0.2) is 23.0 Å². The van der Waals surface area contributed by atoms with Crippen molar-refractivity contribution in [3.63, 3.8) is 0 Å². The molecule has 0 aromatic heterocycles. The van der Waals surface area contributed by atoms with Gasteiger partial charge in [-0.25, -0.2) is 4.79 Å². The first-order chi connectivity index (χ1) is 16.8. The van der Waals surface area contributed by atoms with Crippen LogP contribution in [0.2, 0.25) is 0 Å². The molecule has 0 aliphatic carbocycles. The average molecular weight is 471 g/mol. The zero-order chi connectivity index (χ0) is 25.4. The lowest BCUT2D eigenvalue weighted by Gasteiger charge is -2.17. The van der Waals surface area contributed by atoms with Gasteiger partial charge in [0.1, 0.15) is 11.5 Å². The molecule has 3 aromatic rings. The van der Waals surface area contributed by atoms with Gasteiger partial charge in [0.2, 0.25) is 0 Å². The third kappa shape index (κ3) is 7.01. The molecular formula is C29H26O6. The zero-order valence-corrected chi connectivity index (χ0v) is 19.8. The third-order valence-corrected chi connectivity index (χ3v) is 5.14. The Bertz CT molecular complexity index is 1200. The van der Waals surface area contributed by atoms with E-state index in [1.165, 1.54) is 13.8 Å². The summed E-state index contributed by atoms with van der Waals surface area (Å²) in [5.74, 6) is -0.863. The quantitative estimate of drug-likeness (QED) is 0.188. The fourth-order valence-corrected chi connectivity index (χ4v) is 3.71. The number of rotatable bonds is 8. The molecule has 0 unspecified atom stereocenters. The van der Waals surface area contributed by atoms with Gasteiger partial charge in [-0.05, 0) is 70.2 Å². The monoisotopic (exact) mass is 470 g/mol. The van der Waals surface area contributed by atoms with Crippen molar-refractivity contribution in [3.05, 3.63) is 101 Å². The molecule has 0 amide bonds. The maximum absolute atomic E-state index is 11.3. The van der Waals surface area contributed by atoms with Gasteiger partial charge in [-0.3, -0.25) is 9.59 Å². The molecule has 0 saturated heterocycles. The Morgan fingerprint density at radius 3 is 1.51 bits per heavy atom. The van der Waals surface area contributed by atoms with Crippen LogP contribution >= 0.6 is 0 Å². The normalized spacial score (nSPS) is 10.6. The Hall–Kier alpha value is -4.45. The second kappa shape index (κ2) is 11.6. The van der Waals surface area contributed by atoms with Crippen molar-refractivity contribution in [2.24, 2.45) is 0 Å². The number of allylic oxidation sites excluding steroid dienone is 1. The molecule has 0 aliphatic heterocycles. The number of carbonyl (C=O) groups is 3. The second-order valence-corrected chi connectivity index (χ2v) is 7.74. The van der Waals surface area contributed by atoms with Crippen molar-refractivity contribution in [2.45, 2.75) is 27.2 Å². The molecule has 3 aromatic carbocycles. The summed E-state index contributed by atoms with van der Waals surface area (Å²) in [7, 11) is 0. The molecule has 0 heterocycles. The molecule has 0 aliphatic rings. The van der Waals surface area contributed by atoms with Crippen LogP contribution in [0.5, 0.6) is 11.5 Å². The third-order valence-electron chi connectivity index (χ3n) is 5.14. The van der Waals surface area contributed by atoms with Gasteiger partial charge in [0.05, 0.1) is 0 Å². The number of hydrogen-bond acceptors (Lipinski definition) is 5. The number of carboxylic acid groups (broad SMARTS) is 1. The predicted molar refractivity (Wildman–Crippen MR) is 135 cm³/mol. The van der Waals surface area contributed by atoms with Crippen LogP contribution in [0.15, 0.2) is 78.9 Å². The van der Waals surface area contributed by atoms with Gasteiger partial charge in [0, 0.05) is 19.9 Å². The summed E-state index contributed by atoms with van der Waals surface area (Å²) in [5, 5.41) is 8.87. The Balaban J connectivity index is 2.12. The van der Waals surface area contributed by atoms with Gasteiger partial charge in [-0.2, -0.15) is 0 Å². The fourth-order valence-electron chi connectivity index (χ4n) is 3.71. The van der Waals surface area contributed by atoms with Crippen molar-refractivity contribution in [2.75, 3.05) is 0 Å². The number of esters is 2. The standard InChI is InChI=1S/C29H26O6/c1-4-27(22-8-5-21(6-9-22)7-18-28(32)33)29(23-10-14-25(15-11-23)34-19(2)30)24-12-16-26(17-13-24)35-20(3)31/h5-18H,4H2,1-3H3,(H,32,33). The number of carboxylic acids is 1. The Labute approximate surface area is 204 Å². The minimum Gasteiger partial charge on any atom is -0.478 e. The van der Waals surface area contributed by atoms with Crippen LogP contribution in [0.25, 0.3) is 17.2 Å². The summed E-state index contributed by atoms with van der Waals surface area (Å²) in [6.07, 6.45) is 3.37. The molecule has 0 bridgehead atoms. The van der Waals surface area contributed by atoms with E-state index in [0.717, 1.165) is 45.9 Å². The van der Waals surface area contributed by atoms with Crippen LogP contribution < -0.4 is 9.47 Å². The molecule has 6 nitrogen and oxygen atoms in total. The molecule has 6 heteroatoms. The molecule has 0 spiro atoms. The minimum absolute atomic E-state index is 0.388. The van der Waals surface area contributed by atoms with Crippen molar-refractivity contribution < 1.29 is 29.0 Å². The molecule has 0 fully saturated rings. The topological polar surface area (TPSA) is 89.9 Å². The summed E-state index contributed by atoms with van der Waals surface area (Å²) >= 11 is 0. The van der Waals surface area contributed by atoms with E-state index in [-0.39, 0.29) is 11.9 Å². The lowest BCUT2D eigenvalue weighted by atomic mass is 9.88. The first kappa shape index (κ1) is 25.2. The maximum atomic E-state index is 11.3. The van der Waals surface area contributed by atoms with Crippen molar-refractivity contribution in [1.29, 1.82) is 0 Å². The lowest BCUT2D eigenvalue weighted by Crippen LogP contribution is -2.02. The number of hydrogen-bond donors (Lipinski definition) is 1. The molecule has 3 rings (SSSR count). The highest BCUT2D eigenvalue weighted by Crippen LogP contribution is 2.36. The van der Waals surface area contributed by atoms with E-state index in [4.69, 9.17) is 14.6 Å². The van der Waals surface area contributed by atoms with E-state index in [9.17, 15) is 14.4 Å². The Morgan fingerprint density at radius 1 is 0.714 bits per heavy atom. The first-order valence-corrected chi connectivity index (χ1v) is 11.1. The van der Waals surface area contributed by atoms with Crippen LogP contribution in [0.3, 0.4) is 0 Å². The van der Waals surface area contributed by atoms with Crippen molar-refractivity contribution in [1.82, 2.24) is 0 Å². The number of ether oxygens (including phenoxy) is 2. The SMILES string of the molecule is CCC(=C(c1ccc(OC(C)=O)cc1)c1ccc(OC(C)=O)cc1)c1ccc(C=CC(=O)O)cc1. The van der Waals surface area contributed by atoms with Gasteiger partial charge in [0.25, 0.3) is 0 Å². The van der Waals surface area contributed by atoms with Crippen LogP contribution in [-0.2, 0) is 14.4 Å². The summed E-state index contributed by atoms with van der Waals surface area (Å²) in [6.45, 7) is 4.77. The smallest absolute Gasteiger partial charge is 0.328 e.